The third kappa shape index (κ3) is 4.06. The quantitative estimate of drug-likeness (QED) is 0.791. The number of ether oxygens (including phenoxy) is 1. The van der Waals surface area contributed by atoms with E-state index in [1.54, 1.807) is 7.11 Å². The molecule has 1 aromatic heterocycles. The summed E-state index contributed by atoms with van der Waals surface area (Å²) >= 11 is 1.47. The second-order valence-corrected chi connectivity index (χ2v) is 5.71. The molecule has 6 heteroatoms. The number of nitrogens with zero attached hydrogens (tertiary/aromatic N) is 1. The molecule has 0 atom stereocenters. The molecule has 3 nitrogen and oxygen atoms in total. The molecule has 0 bridgehead atoms. The first-order valence-electron chi connectivity index (χ1n) is 6.79. The minimum absolute atomic E-state index is 0.406. The molecule has 0 saturated carbocycles. The summed E-state index contributed by atoms with van der Waals surface area (Å²) in [5.74, 6) is -1.71. The Morgan fingerprint density at radius 3 is 2.76 bits per heavy atom. The number of halogens is 2. The van der Waals surface area contributed by atoms with Gasteiger partial charge in [-0.15, -0.1) is 11.3 Å². The fourth-order valence-electron chi connectivity index (χ4n) is 1.90. The zero-order chi connectivity index (χ0) is 15.2. The third-order valence-electron chi connectivity index (χ3n) is 2.94. The van der Waals surface area contributed by atoms with Crippen molar-refractivity contribution in [2.75, 3.05) is 13.7 Å². The number of hydrogen-bond acceptors (Lipinski definition) is 4. The molecule has 2 rings (SSSR count). The van der Waals surface area contributed by atoms with Crippen LogP contribution in [0.2, 0.25) is 0 Å². The summed E-state index contributed by atoms with van der Waals surface area (Å²) in [6, 6.07) is 3.84. The molecule has 0 aliphatic heterocycles. The van der Waals surface area contributed by atoms with Crippen LogP contribution in [0.3, 0.4) is 0 Å². The van der Waals surface area contributed by atoms with Crippen molar-refractivity contribution in [2.45, 2.75) is 26.5 Å². The molecule has 1 aromatic carbocycles. The second kappa shape index (κ2) is 7.59. The monoisotopic (exact) mass is 312 g/mol. The summed E-state index contributed by atoms with van der Waals surface area (Å²) in [6.45, 7) is 4.13. The lowest BCUT2D eigenvalue weighted by Gasteiger charge is -2.02. The van der Waals surface area contributed by atoms with Crippen LogP contribution in [0.15, 0.2) is 18.2 Å². The van der Waals surface area contributed by atoms with Gasteiger partial charge in [-0.25, -0.2) is 13.8 Å². The van der Waals surface area contributed by atoms with E-state index in [1.165, 1.54) is 23.5 Å². The van der Waals surface area contributed by atoms with E-state index >= 15 is 0 Å². The number of benzene rings is 1. The van der Waals surface area contributed by atoms with Gasteiger partial charge in [-0.1, -0.05) is 6.92 Å². The second-order valence-electron chi connectivity index (χ2n) is 4.63. The van der Waals surface area contributed by atoms with Crippen LogP contribution in [0.5, 0.6) is 0 Å². The lowest BCUT2D eigenvalue weighted by Crippen LogP contribution is -2.14. The number of thiazole rings is 1. The summed E-state index contributed by atoms with van der Waals surface area (Å²) in [4.78, 5) is 5.54. The Labute approximate surface area is 127 Å². The van der Waals surface area contributed by atoms with Gasteiger partial charge in [-0.05, 0) is 31.2 Å². The number of methoxy groups -OCH3 is 1. The van der Waals surface area contributed by atoms with E-state index in [-0.39, 0.29) is 0 Å². The Hall–Kier alpha value is -1.37. The van der Waals surface area contributed by atoms with Crippen LogP contribution in [-0.4, -0.2) is 18.6 Å². The van der Waals surface area contributed by atoms with Crippen molar-refractivity contribution in [3.8, 4) is 10.6 Å². The zero-order valence-corrected chi connectivity index (χ0v) is 12.9. The minimum Gasteiger partial charge on any atom is -0.378 e. The summed E-state index contributed by atoms with van der Waals surface area (Å²) in [5.41, 5.74) is 1.42. The number of aromatic nitrogens is 1. The van der Waals surface area contributed by atoms with Gasteiger partial charge in [-0.2, -0.15) is 0 Å². The Balaban J connectivity index is 2.26. The van der Waals surface area contributed by atoms with E-state index in [0.29, 0.717) is 23.7 Å². The van der Waals surface area contributed by atoms with E-state index in [1.807, 2.05) is 0 Å². The van der Waals surface area contributed by atoms with Crippen molar-refractivity contribution in [2.24, 2.45) is 0 Å². The highest BCUT2D eigenvalue weighted by Gasteiger charge is 2.13. The predicted molar refractivity (Wildman–Crippen MR) is 80.2 cm³/mol. The summed E-state index contributed by atoms with van der Waals surface area (Å²) < 4.78 is 31.5. The highest BCUT2D eigenvalue weighted by molar-refractivity contribution is 7.15. The molecule has 0 radical (unpaired) electrons. The molecular formula is C15H18F2N2OS. The fraction of sp³-hybridized carbons (Fsp3) is 0.400. The van der Waals surface area contributed by atoms with Gasteiger partial charge in [0.05, 0.1) is 12.3 Å². The molecule has 0 aliphatic carbocycles. The topological polar surface area (TPSA) is 34.2 Å². The molecule has 2 aromatic rings. The Kier molecular flexibility index (Phi) is 5.78. The Morgan fingerprint density at radius 1 is 1.29 bits per heavy atom. The van der Waals surface area contributed by atoms with Crippen LogP contribution < -0.4 is 5.32 Å². The van der Waals surface area contributed by atoms with Crippen molar-refractivity contribution >= 4 is 11.3 Å². The lowest BCUT2D eigenvalue weighted by molar-refractivity contribution is 0.181. The molecule has 0 amide bonds. The van der Waals surface area contributed by atoms with Gasteiger partial charge < -0.3 is 10.1 Å². The summed E-state index contributed by atoms with van der Waals surface area (Å²) in [5, 5.41) is 3.99. The highest BCUT2D eigenvalue weighted by Crippen LogP contribution is 2.29. The normalized spacial score (nSPS) is 11.0. The maximum Gasteiger partial charge on any atom is 0.159 e. The van der Waals surface area contributed by atoms with Crippen molar-refractivity contribution in [3.05, 3.63) is 40.4 Å². The van der Waals surface area contributed by atoms with Crippen LogP contribution in [-0.2, 0) is 17.9 Å². The average Bonchev–Trinajstić information content (AvgIpc) is 2.86. The molecule has 1 heterocycles. The van der Waals surface area contributed by atoms with Gasteiger partial charge >= 0.3 is 0 Å². The summed E-state index contributed by atoms with van der Waals surface area (Å²) in [6.07, 6.45) is 1.05. The third-order valence-corrected chi connectivity index (χ3v) is 4.08. The predicted octanol–water partition coefficient (Wildman–Crippen LogP) is 3.73. The molecule has 0 unspecified atom stereocenters. The Morgan fingerprint density at radius 2 is 2.10 bits per heavy atom. The SMILES string of the molecule is CCCNCc1sc(-c2ccc(F)c(F)c2)nc1COC. The fourth-order valence-corrected chi connectivity index (χ4v) is 2.93. The first-order chi connectivity index (χ1) is 10.2. The van der Waals surface area contributed by atoms with Crippen molar-refractivity contribution < 1.29 is 13.5 Å². The molecule has 1 N–H and O–H groups in total. The van der Waals surface area contributed by atoms with Gasteiger partial charge in [0.25, 0.3) is 0 Å². The molecule has 0 saturated heterocycles. The average molecular weight is 312 g/mol. The molecule has 21 heavy (non-hydrogen) atoms. The number of hydrogen-bond donors (Lipinski definition) is 1. The van der Waals surface area contributed by atoms with Crippen molar-refractivity contribution in [1.29, 1.82) is 0 Å². The maximum atomic E-state index is 13.3. The van der Waals surface area contributed by atoms with Crippen LogP contribution in [0.25, 0.3) is 10.6 Å². The van der Waals surface area contributed by atoms with Crippen LogP contribution in [0.1, 0.15) is 23.9 Å². The van der Waals surface area contributed by atoms with Gasteiger partial charge in [0.1, 0.15) is 5.01 Å². The standard InChI is InChI=1S/C15H18F2N2OS/c1-3-6-18-8-14-13(9-20-2)19-15(21-14)10-4-5-11(16)12(17)7-10/h4-5,7,18H,3,6,8-9H2,1-2H3. The first kappa shape index (κ1) is 16.0. The zero-order valence-electron chi connectivity index (χ0n) is 12.1. The highest BCUT2D eigenvalue weighted by atomic mass is 32.1. The first-order valence-corrected chi connectivity index (χ1v) is 7.61. The van der Waals surface area contributed by atoms with E-state index < -0.39 is 11.6 Å². The molecule has 0 spiro atoms. The number of nitrogens with one attached hydrogen (secondary N) is 1. The molecular weight excluding hydrogens is 294 g/mol. The van der Waals surface area contributed by atoms with Crippen LogP contribution in [0, 0.1) is 11.6 Å². The molecule has 114 valence electrons. The largest absolute Gasteiger partial charge is 0.378 e. The van der Waals surface area contributed by atoms with Crippen molar-refractivity contribution in [3.63, 3.8) is 0 Å². The van der Waals surface area contributed by atoms with Gasteiger partial charge in [0.2, 0.25) is 0 Å². The summed E-state index contributed by atoms with van der Waals surface area (Å²) in [7, 11) is 1.61. The Bertz CT molecular complexity index is 601. The van der Waals surface area contributed by atoms with E-state index in [2.05, 4.69) is 17.2 Å². The maximum absolute atomic E-state index is 13.3. The minimum atomic E-state index is -0.860. The van der Waals surface area contributed by atoms with Gasteiger partial charge in [-0.3, -0.25) is 0 Å². The van der Waals surface area contributed by atoms with E-state index in [4.69, 9.17) is 4.74 Å². The van der Waals surface area contributed by atoms with E-state index in [0.717, 1.165) is 29.6 Å². The van der Waals surface area contributed by atoms with Crippen molar-refractivity contribution in [1.82, 2.24) is 10.3 Å². The molecule has 0 fully saturated rings. The molecule has 0 aliphatic rings. The smallest absolute Gasteiger partial charge is 0.159 e. The van der Waals surface area contributed by atoms with E-state index in [9.17, 15) is 8.78 Å². The van der Waals surface area contributed by atoms with Crippen LogP contribution >= 0.6 is 11.3 Å². The van der Waals surface area contributed by atoms with Gasteiger partial charge in [0.15, 0.2) is 11.6 Å². The lowest BCUT2D eigenvalue weighted by atomic mass is 10.2. The van der Waals surface area contributed by atoms with Crippen LogP contribution in [0.4, 0.5) is 8.78 Å². The number of rotatable bonds is 7. The van der Waals surface area contributed by atoms with Gasteiger partial charge in [0, 0.05) is 24.1 Å².